The summed E-state index contributed by atoms with van der Waals surface area (Å²) in [6.45, 7) is 0.472. The summed E-state index contributed by atoms with van der Waals surface area (Å²) in [5, 5.41) is 9.24. The van der Waals surface area contributed by atoms with E-state index in [0.29, 0.717) is 28.8 Å². The van der Waals surface area contributed by atoms with Gasteiger partial charge in [0.2, 0.25) is 0 Å². The van der Waals surface area contributed by atoms with Crippen LogP contribution < -0.4 is 4.74 Å². The molecular weight excluding hydrogens is 326 g/mol. The number of rotatable bonds is 3. The summed E-state index contributed by atoms with van der Waals surface area (Å²) in [6.07, 6.45) is 2.17. The molecule has 1 atom stereocenters. The number of aliphatic carboxylic acids is 1. The molecule has 1 aliphatic rings. The lowest BCUT2D eigenvalue weighted by molar-refractivity contribution is -0.143. The zero-order valence-electron chi connectivity index (χ0n) is 11.1. The van der Waals surface area contributed by atoms with Gasteiger partial charge >= 0.3 is 5.97 Å². The molecule has 1 heterocycles. The fourth-order valence-corrected chi connectivity index (χ4v) is 2.80. The smallest absolute Gasteiger partial charge is 0.326 e. The molecule has 1 fully saturated rings. The van der Waals surface area contributed by atoms with E-state index in [4.69, 9.17) is 4.74 Å². The molecule has 1 saturated heterocycles. The first kappa shape index (κ1) is 14.8. The van der Waals surface area contributed by atoms with Crippen LogP contribution in [0.25, 0.3) is 0 Å². The Morgan fingerprint density at radius 3 is 2.80 bits per heavy atom. The molecule has 0 aliphatic carbocycles. The minimum Gasteiger partial charge on any atom is -0.497 e. The summed E-state index contributed by atoms with van der Waals surface area (Å²) in [6, 6.07) is 4.35. The zero-order chi connectivity index (χ0) is 14.7. The molecule has 1 aliphatic heterocycles. The molecule has 0 aromatic heterocycles. The van der Waals surface area contributed by atoms with Gasteiger partial charge in [-0.3, -0.25) is 4.79 Å². The minimum atomic E-state index is -0.947. The Hall–Kier alpha value is -1.56. The zero-order valence-corrected chi connectivity index (χ0v) is 12.7. The van der Waals surface area contributed by atoms with E-state index in [1.54, 1.807) is 18.2 Å². The van der Waals surface area contributed by atoms with Gasteiger partial charge in [0, 0.05) is 11.0 Å². The maximum absolute atomic E-state index is 12.6. The highest BCUT2D eigenvalue weighted by molar-refractivity contribution is 9.10. The number of carbonyl (C=O) groups is 2. The first-order valence-corrected chi connectivity index (χ1v) is 7.21. The number of methoxy groups -OCH3 is 1. The van der Waals surface area contributed by atoms with Gasteiger partial charge in [0.25, 0.3) is 5.91 Å². The Bertz CT molecular complexity index is 532. The van der Waals surface area contributed by atoms with Gasteiger partial charge in [0.1, 0.15) is 11.8 Å². The molecule has 0 bridgehead atoms. The van der Waals surface area contributed by atoms with Crippen molar-refractivity contribution in [2.45, 2.75) is 25.3 Å². The average Bonchev–Trinajstić information content (AvgIpc) is 2.47. The van der Waals surface area contributed by atoms with Gasteiger partial charge in [0.05, 0.1) is 12.7 Å². The summed E-state index contributed by atoms with van der Waals surface area (Å²) in [7, 11) is 1.53. The van der Waals surface area contributed by atoms with Crippen LogP contribution in [0.2, 0.25) is 0 Å². The van der Waals surface area contributed by atoms with Crippen LogP contribution in [0.4, 0.5) is 0 Å². The number of likely N-dealkylation sites (tertiary alicyclic amines) is 1. The third-order valence-electron chi connectivity index (χ3n) is 3.45. The minimum absolute atomic E-state index is 0.275. The Kier molecular flexibility index (Phi) is 4.65. The number of hydrogen-bond donors (Lipinski definition) is 1. The third kappa shape index (κ3) is 2.95. The number of hydrogen-bond acceptors (Lipinski definition) is 3. The van der Waals surface area contributed by atoms with Gasteiger partial charge in [-0.25, -0.2) is 4.79 Å². The number of halogens is 1. The van der Waals surface area contributed by atoms with Gasteiger partial charge in [-0.05, 0) is 53.4 Å². The van der Waals surface area contributed by atoms with E-state index in [1.165, 1.54) is 12.0 Å². The quantitative estimate of drug-likeness (QED) is 0.917. The Morgan fingerprint density at radius 2 is 2.15 bits per heavy atom. The van der Waals surface area contributed by atoms with Crippen molar-refractivity contribution in [3.63, 3.8) is 0 Å². The van der Waals surface area contributed by atoms with Crippen molar-refractivity contribution in [2.75, 3.05) is 13.7 Å². The number of carbonyl (C=O) groups excluding carboxylic acids is 1. The molecule has 0 spiro atoms. The summed E-state index contributed by atoms with van der Waals surface area (Å²) in [5.41, 5.74) is 0.428. The normalized spacial score (nSPS) is 18.7. The lowest BCUT2D eigenvalue weighted by Gasteiger charge is -2.33. The number of ether oxygens (including phenoxy) is 1. The Balaban J connectivity index is 2.31. The molecule has 5 nitrogen and oxygen atoms in total. The van der Waals surface area contributed by atoms with E-state index in [9.17, 15) is 14.7 Å². The van der Waals surface area contributed by atoms with Crippen molar-refractivity contribution in [1.82, 2.24) is 4.90 Å². The highest BCUT2D eigenvalue weighted by atomic mass is 79.9. The van der Waals surface area contributed by atoms with Crippen LogP contribution in [0, 0.1) is 0 Å². The van der Waals surface area contributed by atoms with Crippen molar-refractivity contribution in [1.29, 1.82) is 0 Å². The van der Waals surface area contributed by atoms with Crippen LogP contribution in [0.3, 0.4) is 0 Å². The molecule has 1 amide bonds. The molecular formula is C14H16BrNO4. The fourth-order valence-electron chi connectivity index (χ4n) is 2.38. The second-order valence-corrected chi connectivity index (χ2v) is 5.55. The number of nitrogens with zero attached hydrogens (tertiary/aromatic N) is 1. The topological polar surface area (TPSA) is 66.8 Å². The van der Waals surface area contributed by atoms with Crippen molar-refractivity contribution >= 4 is 27.8 Å². The number of amides is 1. The monoisotopic (exact) mass is 341 g/mol. The van der Waals surface area contributed by atoms with Crippen molar-refractivity contribution in [3.8, 4) is 5.75 Å². The molecule has 2 rings (SSSR count). The molecule has 1 N–H and O–H groups in total. The van der Waals surface area contributed by atoms with Crippen LogP contribution in [0.5, 0.6) is 5.75 Å². The Morgan fingerprint density at radius 1 is 1.40 bits per heavy atom. The van der Waals surface area contributed by atoms with Crippen LogP contribution in [0.15, 0.2) is 22.7 Å². The highest BCUT2D eigenvalue weighted by Crippen LogP contribution is 2.27. The standard InChI is InChI=1S/C14H16BrNO4/c1-20-9-5-6-11(15)10(8-9)13(17)16-7-3-2-4-12(16)14(18)19/h5-6,8,12H,2-4,7H2,1H3,(H,18,19)/t12-/m0/s1. The Labute approximate surface area is 125 Å². The molecule has 1 aromatic rings. The maximum Gasteiger partial charge on any atom is 0.326 e. The summed E-state index contributed by atoms with van der Waals surface area (Å²) in [4.78, 5) is 25.3. The summed E-state index contributed by atoms with van der Waals surface area (Å²) >= 11 is 3.33. The maximum atomic E-state index is 12.6. The van der Waals surface area contributed by atoms with Crippen molar-refractivity contribution < 1.29 is 19.4 Å². The van der Waals surface area contributed by atoms with E-state index in [1.807, 2.05) is 0 Å². The molecule has 6 heteroatoms. The molecule has 108 valence electrons. The summed E-state index contributed by atoms with van der Waals surface area (Å²) < 4.78 is 5.75. The van der Waals surface area contributed by atoms with E-state index in [-0.39, 0.29) is 5.91 Å². The number of benzene rings is 1. The van der Waals surface area contributed by atoms with Crippen LogP contribution in [-0.2, 0) is 4.79 Å². The average molecular weight is 342 g/mol. The molecule has 0 unspecified atom stereocenters. The summed E-state index contributed by atoms with van der Waals surface area (Å²) in [5.74, 6) is -0.652. The number of carboxylic acids is 1. The molecule has 0 saturated carbocycles. The SMILES string of the molecule is COc1ccc(Br)c(C(=O)N2CCCC[C@H]2C(=O)O)c1. The van der Waals surface area contributed by atoms with E-state index >= 15 is 0 Å². The third-order valence-corrected chi connectivity index (χ3v) is 4.14. The fraction of sp³-hybridized carbons (Fsp3) is 0.429. The van der Waals surface area contributed by atoms with E-state index in [0.717, 1.165) is 12.8 Å². The van der Waals surface area contributed by atoms with Crippen LogP contribution >= 0.6 is 15.9 Å². The van der Waals surface area contributed by atoms with E-state index in [2.05, 4.69) is 15.9 Å². The number of piperidine rings is 1. The lowest BCUT2D eigenvalue weighted by atomic mass is 10.0. The molecule has 1 aromatic carbocycles. The van der Waals surface area contributed by atoms with E-state index < -0.39 is 12.0 Å². The van der Waals surface area contributed by atoms with Crippen LogP contribution in [0.1, 0.15) is 29.6 Å². The van der Waals surface area contributed by atoms with Gasteiger partial charge in [0.15, 0.2) is 0 Å². The number of carboxylic acid groups (broad SMARTS) is 1. The van der Waals surface area contributed by atoms with Gasteiger partial charge < -0.3 is 14.7 Å². The van der Waals surface area contributed by atoms with Gasteiger partial charge in [-0.2, -0.15) is 0 Å². The highest BCUT2D eigenvalue weighted by Gasteiger charge is 2.33. The second kappa shape index (κ2) is 6.26. The predicted molar refractivity (Wildman–Crippen MR) is 77.0 cm³/mol. The molecule has 0 radical (unpaired) electrons. The predicted octanol–water partition coefficient (Wildman–Crippen LogP) is 2.54. The molecule has 20 heavy (non-hydrogen) atoms. The first-order valence-electron chi connectivity index (χ1n) is 6.42. The van der Waals surface area contributed by atoms with Gasteiger partial charge in [-0.1, -0.05) is 0 Å². The van der Waals surface area contributed by atoms with Crippen molar-refractivity contribution in [2.24, 2.45) is 0 Å². The first-order chi connectivity index (χ1) is 9.54. The van der Waals surface area contributed by atoms with Gasteiger partial charge in [-0.15, -0.1) is 0 Å². The van der Waals surface area contributed by atoms with Crippen molar-refractivity contribution in [3.05, 3.63) is 28.2 Å². The van der Waals surface area contributed by atoms with Crippen LogP contribution in [-0.4, -0.2) is 41.6 Å². The largest absolute Gasteiger partial charge is 0.497 e. The second-order valence-electron chi connectivity index (χ2n) is 4.69. The lowest BCUT2D eigenvalue weighted by Crippen LogP contribution is -2.48.